The lowest BCUT2D eigenvalue weighted by atomic mass is 9.83. The van der Waals surface area contributed by atoms with Crippen molar-refractivity contribution in [1.29, 1.82) is 0 Å². The average Bonchev–Trinajstić information content (AvgIpc) is 2.01. The lowest BCUT2D eigenvalue weighted by Gasteiger charge is -2.21. The van der Waals surface area contributed by atoms with Crippen molar-refractivity contribution in [2.24, 2.45) is 0 Å². The van der Waals surface area contributed by atoms with E-state index >= 15 is 0 Å². The highest BCUT2D eigenvalue weighted by Gasteiger charge is 2.15. The van der Waals surface area contributed by atoms with Crippen LogP contribution < -0.4 is 0 Å². The summed E-state index contributed by atoms with van der Waals surface area (Å²) in [6.45, 7) is 12.6. The van der Waals surface area contributed by atoms with E-state index in [1.54, 1.807) is 0 Å². The van der Waals surface area contributed by atoms with Gasteiger partial charge in [0.05, 0.1) is 0 Å². The maximum absolute atomic E-state index is 3.76. The first-order valence-electron chi connectivity index (χ1n) is 4.68. The van der Waals surface area contributed by atoms with Crippen molar-refractivity contribution in [3.63, 3.8) is 0 Å². The van der Waals surface area contributed by atoms with Crippen LogP contribution in [0, 0.1) is 6.92 Å². The molecule has 0 aliphatic carbocycles. The molecule has 13 heavy (non-hydrogen) atoms. The minimum Gasteiger partial charge on any atom is -0.0985 e. The summed E-state index contributed by atoms with van der Waals surface area (Å²) in [7, 11) is 0. The van der Waals surface area contributed by atoms with Crippen LogP contribution in [0.3, 0.4) is 0 Å². The van der Waals surface area contributed by atoms with Crippen LogP contribution in [0.2, 0.25) is 0 Å². The quantitative estimate of drug-likeness (QED) is 0.605. The third-order valence-corrected chi connectivity index (χ3v) is 2.29. The first-order valence-corrected chi connectivity index (χ1v) is 4.68. The van der Waals surface area contributed by atoms with E-state index in [9.17, 15) is 0 Å². The van der Waals surface area contributed by atoms with Gasteiger partial charge in [-0.15, -0.1) is 0 Å². The molecule has 0 aliphatic heterocycles. The molecule has 0 fully saturated rings. The fourth-order valence-electron chi connectivity index (χ4n) is 1.66. The van der Waals surface area contributed by atoms with E-state index in [0.717, 1.165) is 0 Å². The Bertz CT molecular complexity index is 313. The van der Waals surface area contributed by atoms with Crippen molar-refractivity contribution in [2.75, 3.05) is 0 Å². The molecule has 0 atom stereocenters. The Hall–Kier alpha value is -1.04. The molecule has 70 valence electrons. The highest BCUT2D eigenvalue weighted by atomic mass is 14.2. The van der Waals surface area contributed by atoms with Gasteiger partial charge in [-0.2, -0.15) is 0 Å². The number of rotatable bonds is 1. The standard InChI is InChI=1S/C13H18/c1-6-11-7-8-12(10(2)9-11)13(3,4)5/h6-9H,1H2,2-5H3. The third kappa shape index (κ3) is 2.21. The number of aryl methyl sites for hydroxylation is 1. The molecular formula is C13H18. The molecule has 0 heteroatoms. The second kappa shape index (κ2) is 3.37. The Morgan fingerprint density at radius 1 is 1.23 bits per heavy atom. The van der Waals surface area contributed by atoms with Crippen LogP contribution in [-0.2, 0) is 5.41 Å². The zero-order valence-electron chi connectivity index (χ0n) is 9.02. The summed E-state index contributed by atoms with van der Waals surface area (Å²) in [6, 6.07) is 6.51. The molecule has 0 saturated carbocycles. The van der Waals surface area contributed by atoms with E-state index in [0.29, 0.717) is 0 Å². The van der Waals surface area contributed by atoms with Crippen LogP contribution in [0.15, 0.2) is 24.8 Å². The Morgan fingerprint density at radius 2 is 1.85 bits per heavy atom. The summed E-state index contributed by atoms with van der Waals surface area (Å²) in [5, 5.41) is 0. The minimum atomic E-state index is 0.240. The highest BCUT2D eigenvalue weighted by Crippen LogP contribution is 2.26. The predicted molar refractivity (Wildman–Crippen MR) is 60.0 cm³/mol. The van der Waals surface area contributed by atoms with Gasteiger partial charge in [-0.25, -0.2) is 0 Å². The van der Waals surface area contributed by atoms with Crippen molar-refractivity contribution < 1.29 is 0 Å². The summed E-state index contributed by atoms with van der Waals surface area (Å²) in [4.78, 5) is 0. The maximum atomic E-state index is 3.76. The van der Waals surface area contributed by atoms with E-state index in [1.807, 2.05) is 6.08 Å². The molecule has 0 spiro atoms. The highest BCUT2D eigenvalue weighted by molar-refractivity contribution is 5.50. The van der Waals surface area contributed by atoms with E-state index in [1.165, 1.54) is 16.7 Å². The van der Waals surface area contributed by atoms with Crippen molar-refractivity contribution >= 4 is 6.08 Å². The summed E-state index contributed by atoms with van der Waals surface area (Å²) in [5.74, 6) is 0. The monoisotopic (exact) mass is 174 g/mol. The molecule has 0 heterocycles. The lowest BCUT2D eigenvalue weighted by Crippen LogP contribution is -2.12. The van der Waals surface area contributed by atoms with Crippen LogP contribution in [0.1, 0.15) is 37.5 Å². The van der Waals surface area contributed by atoms with Crippen LogP contribution in [0.5, 0.6) is 0 Å². The molecule has 0 aliphatic rings. The summed E-state index contributed by atoms with van der Waals surface area (Å²) in [6.07, 6.45) is 1.89. The van der Waals surface area contributed by atoms with E-state index in [4.69, 9.17) is 0 Å². The molecular weight excluding hydrogens is 156 g/mol. The molecule has 0 saturated heterocycles. The first-order chi connectivity index (χ1) is 5.95. The normalized spacial score (nSPS) is 11.4. The van der Waals surface area contributed by atoms with Gasteiger partial charge in [0.25, 0.3) is 0 Å². The van der Waals surface area contributed by atoms with Gasteiger partial charge >= 0.3 is 0 Å². The van der Waals surface area contributed by atoms with Crippen molar-refractivity contribution in [2.45, 2.75) is 33.1 Å². The number of hydrogen-bond donors (Lipinski definition) is 0. The largest absolute Gasteiger partial charge is 0.0985 e. The summed E-state index contributed by atoms with van der Waals surface area (Å²) in [5.41, 5.74) is 4.21. The smallest absolute Gasteiger partial charge is 0.0129 e. The Balaban J connectivity index is 3.20. The average molecular weight is 174 g/mol. The Morgan fingerprint density at radius 3 is 2.23 bits per heavy atom. The van der Waals surface area contributed by atoms with Crippen LogP contribution in [-0.4, -0.2) is 0 Å². The van der Waals surface area contributed by atoms with Gasteiger partial charge in [0, 0.05) is 0 Å². The topological polar surface area (TPSA) is 0 Å². The molecule has 0 amide bonds. The minimum absolute atomic E-state index is 0.240. The van der Waals surface area contributed by atoms with Crippen LogP contribution in [0.25, 0.3) is 6.08 Å². The first kappa shape index (κ1) is 10.0. The van der Waals surface area contributed by atoms with E-state index in [2.05, 4.69) is 52.5 Å². The molecule has 1 aromatic rings. The lowest BCUT2D eigenvalue weighted by molar-refractivity contribution is 0.586. The van der Waals surface area contributed by atoms with Gasteiger partial charge in [0.15, 0.2) is 0 Å². The Labute approximate surface area is 81.3 Å². The molecule has 1 aromatic carbocycles. The van der Waals surface area contributed by atoms with Crippen molar-refractivity contribution in [3.8, 4) is 0 Å². The molecule has 0 unspecified atom stereocenters. The zero-order valence-corrected chi connectivity index (χ0v) is 9.02. The van der Waals surface area contributed by atoms with E-state index < -0.39 is 0 Å². The fourth-order valence-corrected chi connectivity index (χ4v) is 1.66. The summed E-state index contributed by atoms with van der Waals surface area (Å²) >= 11 is 0. The number of hydrogen-bond acceptors (Lipinski definition) is 0. The SMILES string of the molecule is C=Cc1ccc(C(C)(C)C)c(C)c1. The van der Waals surface area contributed by atoms with Crippen LogP contribution >= 0.6 is 0 Å². The third-order valence-electron chi connectivity index (χ3n) is 2.29. The van der Waals surface area contributed by atoms with Gasteiger partial charge in [0.1, 0.15) is 0 Å². The predicted octanol–water partition coefficient (Wildman–Crippen LogP) is 3.94. The second-order valence-corrected chi connectivity index (χ2v) is 4.53. The zero-order chi connectivity index (χ0) is 10.1. The van der Waals surface area contributed by atoms with E-state index in [-0.39, 0.29) is 5.41 Å². The maximum Gasteiger partial charge on any atom is -0.0129 e. The number of benzene rings is 1. The van der Waals surface area contributed by atoms with Gasteiger partial charge < -0.3 is 0 Å². The van der Waals surface area contributed by atoms with Gasteiger partial charge in [-0.1, -0.05) is 51.6 Å². The summed E-state index contributed by atoms with van der Waals surface area (Å²) < 4.78 is 0. The Kier molecular flexibility index (Phi) is 2.60. The molecule has 0 nitrogen and oxygen atoms in total. The van der Waals surface area contributed by atoms with Gasteiger partial charge in [0.2, 0.25) is 0 Å². The van der Waals surface area contributed by atoms with Crippen molar-refractivity contribution in [1.82, 2.24) is 0 Å². The van der Waals surface area contributed by atoms with Gasteiger partial charge in [-0.3, -0.25) is 0 Å². The van der Waals surface area contributed by atoms with Gasteiger partial charge in [-0.05, 0) is 29.0 Å². The van der Waals surface area contributed by atoms with Crippen LogP contribution in [0.4, 0.5) is 0 Å². The fraction of sp³-hybridized carbons (Fsp3) is 0.385. The molecule has 0 radical (unpaired) electrons. The molecule has 0 N–H and O–H groups in total. The molecule has 0 bridgehead atoms. The van der Waals surface area contributed by atoms with Crippen molar-refractivity contribution in [3.05, 3.63) is 41.5 Å². The molecule has 0 aromatic heterocycles. The molecule has 1 rings (SSSR count). The second-order valence-electron chi connectivity index (χ2n) is 4.53.